The molecule has 0 bridgehead atoms. The van der Waals surface area contributed by atoms with Gasteiger partial charge < -0.3 is 10.5 Å². The number of benzene rings is 1. The molecule has 17 heavy (non-hydrogen) atoms. The van der Waals surface area contributed by atoms with E-state index in [0.29, 0.717) is 12.0 Å². The Kier molecular flexibility index (Phi) is 4.60. The van der Waals surface area contributed by atoms with Crippen LogP contribution in [0.4, 0.5) is 0 Å². The van der Waals surface area contributed by atoms with Crippen LogP contribution in [0.3, 0.4) is 0 Å². The number of hydrogen-bond acceptors (Lipinski definition) is 2. The monoisotopic (exact) mass is 297 g/mol. The summed E-state index contributed by atoms with van der Waals surface area (Å²) in [7, 11) is 0. The molecule has 2 nitrogen and oxygen atoms in total. The first kappa shape index (κ1) is 13.1. The first-order valence-electron chi connectivity index (χ1n) is 6.32. The number of nitrogens with two attached hydrogens (primary N) is 1. The lowest BCUT2D eigenvalue weighted by Crippen LogP contribution is -2.36. The summed E-state index contributed by atoms with van der Waals surface area (Å²) in [5.74, 6) is 0.517. The Morgan fingerprint density at radius 2 is 2.12 bits per heavy atom. The first-order chi connectivity index (χ1) is 8.20. The van der Waals surface area contributed by atoms with E-state index >= 15 is 0 Å². The Balaban J connectivity index is 1.96. The molecule has 0 aliphatic carbocycles. The van der Waals surface area contributed by atoms with Crippen molar-refractivity contribution in [1.82, 2.24) is 0 Å². The van der Waals surface area contributed by atoms with Gasteiger partial charge in [0, 0.05) is 23.0 Å². The molecule has 1 heterocycles. The maximum Gasteiger partial charge on any atom is 0.0616 e. The zero-order valence-electron chi connectivity index (χ0n) is 10.2. The van der Waals surface area contributed by atoms with Gasteiger partial charge in [0.25, 0.3) is 0 Å². The Bertz CT molecular complexity index is 352. The van der Waals surface area contributed by atoms with Gasteiger partial charge in [-0.15, -0.1) is 0 Å². The number of rotatable bonds is 4. The summed E-state index contributed by atoms with van der Waals surface area (Å²) in [6.45, 7) is 3.05. The fraction of sp³-hybridized carbons (Fsp3) is 0.571. The molecule has 3 heteroatoms. The van der Waals surface area contributed by atoms with E-state index < -0.39 is 0 Å². The van der Waals surface area contributed by atoms with Gasteiger partial charge >= 0.3 is 0 Å². The zero-order chi connectivity index (χ0) is 12.3. The van der Waals surface area contributed by atoms with Crippen molar-refractivity contribution in [3.05, 3.63) is 34.3 Å². The Labute approximate surface area is 112 Å². The lowest BCUT2D eigenvalue weighted by Gasteiger charge is -2.23. The summed E-state index contributed by atoms with van der Waals surface area (Å²) in [5, 5.41) is 0. The number of halogens is 1. The number of hydrogen-bond donors (Lipinski definition) is 1. The molecule has 1 aromatic carbocycles. The van der Waals surface area contributed by atoms with Crippen LogP contribution < -0.4 is 5.73 Å². The molecule has 2 N–H and O–H groups in total. The minimum absolute atomic E-state index is 0.212. The van der Waals surface area contributed by atoms with Crippen LogP contribution in [0, 0.1) is 5.92 Å². The van der Waals surface area contributed by atoms with Crippen molar-refractivity contribution in [2.75, 3.05) is 6.61 Å². The van der Waals surface area contributed by atoms with Crippen LogP contribution in [0.1, 0.15) is 25.3 Å². The summed E-state index contributed by atoms with van der Waals surface area (Å²) >= 11 is 3.45. The minimum atomic E-state index is 0.212. The van der Waals surface area contributed by atoms with Gasteiger partial charge in [0.15, 0.2) is 0 Å². The average Bonchev–Trinajstić information content (AvgIpc) is 2.80. The van der Waals surface area contributed by atoms with Gasteiger partial charge in [-0.3, -0.25) is 0 Å². The second-order valence-electron chi connectivity index (χ2n) is 4.76. The Morgan fingerprint density at radius 1 is 1.41 bits per heavy atom. The van der Waals surface area contributed by atoms with Gasteiger partial charge in [0.2, 0.25) is 0 Å². The second-order valence-corrected chi connectivity index (χ2v) is 5.68. The van der Waals surface area contributed by atoms with E-state index in [4.69, 9.17) is 10.5 Å². The van der Waals surface area contributed by atoms with Crippen LogP contribution in [-0.2, 0) is 11.2 Å². The standard InChI is InChI=1S/C14H20BrNO/c1-2-14-12(7-8-17-14)13(16)9-10-3-5-11(15)6-4-10/h3-6,12-14H,2,7-9,16H2,1H3. The highest BCUT2D eigenvalue weighted by atomic mass is 79.9. The van der Waals surface area contributed by atoms with Gasteiger partial charge in [-0.2, -0.15) is 0 Å². The van der Waals surface area contributed by atoms with E-state index in [1.165, 1.54) is 5.56 Å². The maximum atomic E-state index is 6.32. The van der Waals surface area contributed by atoms with Crippen molar-refractivity contribution in [3.8, 4) is 0 Å². The van der Waals surface area contributed by atoms with Gasteiger partial charge in [-0.05, 0) is 37.0 Å². The van der Waals surface area contributed by atoms with Crippen molar-refractivity contribution >= 4 is 15.9 Å². The Morgan fingerprint density at radius 3 is 2.76 bits per heavy atom. The van der Waals surface area contributed by atoms with Crippen LogP contribution in [0.15, 0.2) is 28.7 Å². The average molecular weight is 298 g/mol. The summed E-state index contributed by atoms with van der Waals surface area (Å²) in [6, 6.07) is 8.64. The highest BCUT2D eigenvalue weighted by molar-refractivity contribution is 9.10. The summed E-state index contributed by atoms with van der Waals surface area (Å²) < 4.78 is 6.82. The lowest BCUT2D eigenvalue weighted by molar-refractivity contribution is 0.0814. The SMILES string of the molecule is CCC1OCCC1C(N)Cc1ccc(Br)cc1. The third-order valence-electron chi connectivity index (χ3n) is 3.60. The minimum Gasteiger partial charge on any atom is -0.378 e. The molecule has 1 aliphatic rings. The lowest BCUT2D eigenvalue weighted by atomic mass is 9.88. The third-order valence-corrected chi connectivity index (χ3v) is 4.13. The van der Waals surface area contributed by atoms with E-state index in [1.54, 1.807) is 0 Å². The van der Waals surface area contributed by atoms with Crippen LogP contribution in [0.2, 0.25) is 0 Å². The highest BCUT2D eigenvalue weighted by Crippen LogP contribution is 2.27. The first-order valence-corrected chi connectivity index (χ1v) is 7.11. The van der Waals surface area contributed by atoms with Gasteiger partial charge in [0.1, 0.15) is 0 Å². The largest absolute Gasteiger partial charge is 0.378 e. The van der Waals surface area contributed by atoms with E-state index in [9.17, 15) is 0 Å². The fourth-order valence-corrected chi connectivity index (χ4v) is 2.88. The molecule has 0 saturated carbocycles. The third kappa shape index (κ3) is 3.30. The molecule has 0 aromatic heterocycles. The maximum absolute atomic E-state index is 6.32. The van der Waals surface area contributed by atoms with Crippen molar-refractivity contribution < 1.29 is 4.74 Å². The van der Waals surface area contributed by atoms with E-state index in [-0.39, 0.29) is 6.04 Å². The van der Waals surface area contributed by atoms with E-state index in [0.717, 1.165) is 30.3 Å². The van der Waals surface area contributed by atoms with Crippen molar-refractivity contribution in [2.24, 2.45) is 11.7 Å². The predicted molar refractivity (Wildman–Crippen MR) is 74.0 cm³/mol. The van der Waals surface area contributed by atoms with Gasteiger partial charge in [-0.1, -0.05) is 35.0 Å². The summed E-state index contributed by atoms with van der Waals surface area (Å²) in [4.78, 5) is 0. The molecule has 2 rings (SSSR count). The molecule has 1 saturated heterocycles. The molecule has 0 radical (unpaired) electrons. The molecule has 0 amide bonds. The molecule has 1 aliphatic heterocycles. The van der Waals surface area contributed by atoms with Crippen molar-refractivity contribution in [1.29, 1.82) is 0 Å². The van der Waals surface area contributed by atoms with Crippen LogP contribution in [0.25, 0.3) is 0 Å². The summed E-state index contributed by atoms with van der Waals surface area (Å²) in [5.41, 5.74) is 7.63. The van der Waals surface area contributed by atoms with Crippen LogP contribution in [-0.4, -0.2) is 18.8 Å². The second kappa shape index (κ2) is 5.98. The smallest absolute Gasteiger partial charge is 0.0616 e. The van der Waals surface area contributed by atoms with Crippen molar-refractivity contribution in [3.63, 3.8) is 0 Å². The normalized spacial score (nSPS) is 26.1. The van der Waals surface area contributed by atoms with E-state index in [2.05, 4.69) is 47.1 Å². The van der Waals surface area contributed by atoms with E-state index in [1.807, 2.05) is 0 Å². The van der Waals surface area contributed by atoms with Crippen LogP contribution >= 0.6 is 15.9 Å². The Hall–Kier alpha value is -0.380. The number of ether oxygens (including phenoxy) is 1. The molecule has 1 aromatic rings. The highest BCUT2D eigenvalue weighted by Gasteiger charge is 2.31. The molecule has 94 valence electrons. The molecule has 3 unspecified atom stereocenters. The van der Waals surface area contributed by atoms with Gasteiger partial charge in [0.05, 0.1) is 6.10 Å². The molecular weight excluding hydrogens is 278 g/mol. The molecule has 1 fully saturated rings. The quantitative estimate of drug-likeness (QED) is 0.927. The summed E-state index contributed by atoms with van der Waals surface area (Å²) in [6.07, 6.45) is 3.48. The van der Waals surface area contributed by atoms with Crippen LogP contribution in [0.5, 0.6) is 0 Å². The van der Waals surface area contributed by atoms with Crippen molar-refractivity contribution in [2.45, 2.75) is 38.3 Å². The van der Waals surface area contributed by atoms with Gasteiger partial charge in [-0.25, -0.2) is 0 Å². The predicted octanol–water partition coefficient (Wildman–Crippen LogP) is 3.13. The molecule has 0 spiro atoms. The molecule has 3 atom stereocenters. The fourth-order valence-electron chi connectivity index (χ4n) is 2.62. The topological polar surface area (TPSA) is 35.2 Å². The molecular formula is C14H20BrNO. The zero-order valence-corrected chi connectivity index (χ0v) is 11.8.